The highest BCUT2D eigenvalue weighted by Crippen LogP contribution is 2.25. The molecular weight excluding hydrogens is 238 g/mol. The molecule has 96 valence electrons. The Labute approximate surface area is 108 Å². The minimum absolute atomic E-state index is 0.0985. The number of halogens is 1. The zero-order valence-corrected chi connectivity index (χ0v) is 11.6. The number of nitrogens with zero attached hydrogens (tertiary/aromatic N) is 2. The molecule has 0 aliphatic heterocycles. The molecule has 0 spiro atoms. The first-order valence-corrected chi connectivity index (χ1v) is 6.20. The van der Waals surface area contributed by atoms with Crippen LogP contribution in [0.25, 0.3) is 0 Å². The molecule has 0 saturated heterocycles. The van der Waals surface area contributed by atoms with E-state index in [0.29, 0.717) is 17.7 Å². The fraction of sp³-hybridized carbons (Fsp3) is 0.667. The van der Waals surface area contributed by atoms with Crippen molar-refractivity contribution in [3.05, 3.63) is 12.3 Å². The average Bonchev–Trinajstić information content (AvgIpc) is 2.27. The summed E-state index contributed by atoms with van der Waals surface area (Å²) in [6.07, 6.45) is 2.54. The number of nitrogens with one attached hydrogen (secondary N) is 1. The lowest BCUT2D eigenvalue weighted by molar-refractivity contribution is 0.332. The van der Waals surface area contributed by atoms with Gasteiger partial charge >= 0.3 is 0 Å². The molecule has 1 N–H and O–H groups in total. The molecule has 0 aliphatic rings. The van der Waals surface area contributed by atoms with Crippen molar-refractivity contribution in [3.8, 4) is 5.88 Å². The summed E-state index contributed by atoms with van der Waals surface area (Å²) in [6.45, 7) is 6.49. The van der Waals surface area contributed by atoms with Gasteiger partial charge in [0.2, 0.25) is 11.8 Å². The zero-order chi connectivity index (χ0) is 12.9. The Bertz CT molecular complexity index is 352. The Balaban J connectivity index is 2.78. The molecule has 4 nitrogen and oxygen atoms in total. The van der Waals surface area contributed by atoms with Crippen LogP contribution >= 0.6 is 11.6 Å². The number of hydrogen-bond acceptors (Lipinski definition) is 4. The maximum absolute atomic E-state index is 5.82. The predicted molar refractivity (Wildman–Crippen MR) is 70.8 cm³/mol. The minimum atomic E-state index is 0.0985. The van der Waals surface area contributed by atoms with Crippen LogP contribution in [0.4, 0.5) is 5.95 Å². The SMILES string of the molecule is COc1ccnc(NC(CCCl)C(C)(C)C)n1. The second-order valence-corrected chi connectivity index (χ2v) is 5.34. The van der Waals surface area contributed by atoms with E-state index in [9.17, 15) is 0 Å². The number of ether oxygens (including phenoxy) is 1. The van der Waals surface area contributed by atoms with E-state index in [2.05, 4.69) is 36.1 Å². The smallest absolute Gasteiger partial charge is 0.226 e. The third kappa shape index (κ3) is 4.38. The molecule has 0 amide bonds. The number of hydrogen-bond donors (Lipinski definition) is 1. The van der Waals surface area contributed by atoms with Gasteiger partial charge in [-0.15, -0.1) is 11.6 Å². The Morgan fingerprint density at radius 2 is 2.18 bits per heavy atom. The summed E-state index contributed by atoms with van der Waals surface area (Å²) in [5.74, 6) is 1.74. The van der Waals surface area contributed by atoms with E-state index < -0.39 is 0 Å². The van der Waals surface area contributed by atoms with Crippen molar-refractivity contribution in [1.29, 1.82) is 0 Å². The molecule has 0 radical (unpaired) electrons. The van der Waals surface area contributed by atoms with Crippen LogP contribution < -0.4 is 10.1 Å². The molecule has 17 heavy (non-hydrogen) atoms. The van der Waals surface area contributed by atoms with Gasteiger partial charge in [0.1, 0.15) is 0 Å². The second kappa shape index (κ2) is 6.05. The van der Waals surface area contributed by atoms with Crippen molar-refractivity contribution < 1.29 is 4.74 Å². The van der Waals surface area contributed by atoms with Crippen LogP contribution in [-0.4, -0.2) is 29.0 Å². The second-order valence-electron chi connectivity index (χ2n) is 4.96. The molecule has 0 fully saturated rings. The molecule has 1 heterocycles. The van der Waals surface area contributed by atoms with E-state index in [4.69, 9.17) is 16.3 Å². The van der Waals surface area contributed by atoms with Crippen LogP contribution in [0.1, 0.15) is 27.2 Å². The first-order valence-electron chi connectivity index (χ1n) is 5.67. The number of alkyl halides is 1. The molecule has 5 heteroatoms. The van der Waals surface area contributed by atoms with Crippen LogP contribution in [-0.2, 0) is 0 Å². The van der Waals surface area contributed by atoms with Gasteiger partial charge in [-0.3, -0.25) is 0 Å². The van der Waals surface area contributed by atoms with Gasteiger partial charge in [0.25, 0.3) is 0 Å². The van der Waals surface area contributed by atoms with E-state index in [1.165, 1.54) is 0 Å². The van der Waals surface area contributed by atoms with Gasteiger partial charge in [0, 0.05) is 24.2 Å². The van der Waals surface area contributed by atoms with Gasteiger partial charge in [-0.05, 0) is 11.8 Å². The number of methoxy groups -OCH3 is 1. The van der Waals surface area contributed by atoms with Gasteiger partial charge in [0.05, 0.1) is 7.11 Å². The van der Waals surface area contributed by atoms with Crippen LogP contribution in [0.5, 0.6) is 5.88 Å². The van der Waals surface area contributed by atoms with Crippen molar-refractivity contribution in [2.45, 2.75) is 33.2 Å². The van der Waals surface area contributed by atoms with E-state index in [0.717, 1.165) is 6.42 Å². The lowest BCUT2D eigenvalue weighted by Gasteiger charge is -2.31. The number of anilines is 1. The third-order valence-corrected chi connectivity index (χ3v) is 2.80. The topological polar surface area (TPSA) is 47.0 Å². The maximum atomic E-state index is 5.82. The Morgan fingerprint density at radius 1 is 1.47 bits per heavy atom. The van der Waals surface area contributed by atoms with Crippen LogP contribution in [0.2, 0.25) is 0 Å². The van der Waals surface area contributed by atoms with Gasteiger partial charge in [-0.2, -0.15) is 4.98 Å². The highest BCUT2D eigenvalue weighted by Gasteiger charge is 2.24. The monoisotopic (exact) mass is 257 g/mol. The van der Waals surface area contributed by atoms with Gasteiger partial charge in [-0.25, -0.2) is 4.98 Å². The Morgan fingerprint density at radius 3 is 2.71 bits per heavy atom. The molecule has 0 saturated carbocycles. The van der Waals surface area contributed by atoms with E-state index >= 15 is 0 Å². The largest absolute Gasteiger partial charge is 0.481 e. The highest BCUT2D eigenvalue weighted by atomic mass is 35.5. The quantitative estimate of drug-likeness (QED) is 0.824. The van der Waals surface area contributed by atoms with Crippen LogP contribution in [0, 0.1) is 5.41 Å². The summed E-state index contributed by atoms with van der Waals surface area (Å²) in [5, 5.41) is 3.31. The molecule has 0 aromatic carbocycles. The summed E-state index contributed by atoms with van der Waals surface area (Å²) >= 11 is 5.82. The van der Waals surface area contributed by atoms with Crippen molar-refractivity contribution in [1.82, 2.24) is 9.97 Å². The summed E-state index contributed by atoms with van der Waals surface area (Å²) in [4.78, 5) is 8.42. The number of aromatic nitrogens is 2. The molecular formula is C12H20ClN3O. The van der Waals surface area contributed by atoms with E-state index in [-0.39, 0.29) is 11.5 Å². The first kappa shape index (κ1) is 14.0. The molecule has 0 bridgehead atoms. The fourth-order valence-electron chi connectivity index (χ4n) is 1.51. The van der Waals surface area contributed by atoms with Crippen molar-refractivity contribution in [3.63, 3.8) is 0 Å². The summed E-state index contributed by atoms with van der Waals surface area (Å²) in [6, 6.07) is 1.95. The third-order valence-electron chi connectivity index (χ3n) is 2.59. The van der Waals surface area contributed by atoms with Gasteiger partial charge in [-0.1, -0.05) is 20.8 Å². The van der Waals surface area contributed by atoms with Crippen LogP contribution in [0.15, 0.2) is 12.3 Å². The highest BCUT2D eigenvalue weighted by molar-refractivity contribution is 6.17. The van der Waals surface area contributed by atoms with Crippen molar-refractivity contribution in [2.24, 2.45) is 5.41 Å². The fourth-order valence-corrected chi connectivity index (χ4v) is 1.73. The van der Waals surface area contributed by atoms with Gasteiger partial charge < -0.3 is 10.1 Å². The summed E-state index contributed by atoms with van der Waals surface area (Å²) in [7, 11) is 1.59. The lowest BCUT2D eigenvalue weighted by atomic mass is 9.85. The standard InChI is InChI=1S/C12H20ClN3O/c1-12(2,3)9(5-7-13)15-11-14-8-6-10(16-11)17-4/h6,8-9H,5,7H2,1-4H3,(H,14,15,16). The molecule has 1 unspecified atom stereocenters. The lowest BCUT2D eigenvalue weighted by Crippen LogP contribution is -2.35. The minimum Gasteiger partial charge on any atom is -0.481 e. The van der Waals surface area contributed by atoms with Crippen molar-refractivity contribution in [2.75, 3.05) is 18.3 Å². The maximum Gasteiger partial charge on any atom is 0.226 e. The molecule has 1 atom stereocenters. The Hall–Kier alpha value is -1.03. The first-order chi connectivity index (χ1) is 7.97. The molecule has 0 aliphatic carbocycles. The zero-order valence-electron chi connectivity index (χ0n) is 10.8. The van der Waals surface area contributed by atoms with E-state index in [1.807, 2.05) is 0 Å². The Kier molecular flexibility index (Phi) is 5.00. The van der Waals surface area contributed by atoms with E-state index in [1.54, 1.807) is 19.4 Å². The average molecular weight is 258 g/mol. The summed E-state index contributed by atoms with van der Waals surface area (Å²) < 4.78 is 5.06. The predicted octanol–water partition coefficient (Wildman–Crippen LogP) is 2.94. The van der Waals surface area contributed by atoms with Crippen molar-refractivity contribution >= 4 is 17.5 Å². The molecule has 1 aromatic heterocycles. The molecule has 1 aromatic rings. The number of rotatable bonds is 5. The van der Waals surface area contributed by atoms with Gasteiger partial charge in [0.15, 0.2) is 0 Å². The molecule has 1 rings (SSSR count). The summed E-state index contributed by atoms with van der Waals surface area (Å²) in [5.41, 5.74) is 0.0985. The van der Waals surface area contributed by atoms with Crippen LogP contribution in [0.3, 0.4) is 0 Å². The normalized spacial score (nSPS) is 13.2.